The van der Waals surface area contributed by atoms with Crippen LogP contribution >= 0.6 is 0 Å². The number of ether oxygens (including phenoxy) is 1. The molecule has 0 saturated carbocycles. The Balaban J connectivity index is 2.40. The fourth-order valence-electron chi connectivity index (χ4n) is 2.02. The van der Waals surface area contributed by atoms with Gasteiger partial charge in [0.15, 0.2) is 0 Å². The predicted molar refractivity (Wildman–Crippen MR) is 70.2 cm³/mol. The average Bonchev–Trinajstić information content (AvgIpc) is 2.40. The Bertz CT molecular complexity index is 525. The highest BCUT2D eigenvalue weighted by atomic mass is 16.5. The molecule has 2 aromatic rings. The van der Waals surface area contributed by atoms with Crippen LogP contribution in [0.2, 0.25) is 0 Å². The average molecular weight is 243 g/mol. The van der Waals surface area contributed by atoms with Crippen molar-refractivity contribution < 1.29 is 9.84 Å². The van der Waals surface area contributed by atoms with Gasteiger partial charge in [-0.2, -0.15) is 0 Å². The number of aromatic nitrogens is 1. The second-order valence-electron chi connectivity index (χ2n) is 4.27. The highest BCUT2D eigenvalue weighted by molar-refractivity contribution is 5.37. The molecule has 94 valence electrons. The van der Waals surface area contributed by atoms with Crippen LogP contribution in [0.15, 0.2) is 42.7 Å². The number of nitrogens with zero attached hydrogens (tertiary/aromatic N) is 1. The third-order valence-corrected chi connectivity index (χ3v) is 3.02. The Kier molecular flexibility index (Phi) is 4.07. The van der Waals surface area contributed by atoms with Gasteiger partial charge in [0.05, 0.1) is 6.61 Å². The summed E-state index contributed by atoms with van der Waals surface area (Å²) in [6.07, 6.45) is 2.78. The predicted octanol–water partition coefficient (Wildman–Crippen LogP) is 2.62. The zero-order chi connectivity index (χ0) is 13.0. The molecule has 3 nitrogen and oxygen atoms in total. The molecule has 0 amide bonds. The van der Waals surface area contributed by atoms with Crippen molar-refractivity contribution in [2.75, 3.05) is 7.11 Å². The number of hydrogen-bond acceptors (Lipinski definition) is 3. The van der Waals surface area contributed by atoms with E-state index in [4.69, 9.17) is 4.74 Å². The number of aliphatic hydroxyl groups excluding tert-OH is 1. The Labute approximate surface area is 107 Å². The third-order valence-electron chi connectivity index (χ3n) is 3.02. The first-order chi connectivity index (χ1) is 8.74. The number of aliphatic hydroxyl groups is 1. The van der Waals surface area contributed by atoms with E-state index in [0.29, 0.717) is 6.61 Å². The molecule has 0 aliphatic rings. The Hall–Kier alpha value is -1.71. The van der Waals surface area contributed by atoms with Crippen LogP contribution in [0.3, 0.4) is 0 Å². The van der Waals surface area contributed by atoms with Crippen LogP contribution in [0.5, 0.6) is 0 Å². The number of aryl methyl sites for hydroxylation is 1. The van der Waals surface area contributed by atoms with Crippen molar-refractivity contribution in [3.8, 4) is 0 Å². The van der Waals surface area contributed by atoms with Gasteiger partial charge in [0.2, 0.25) is 0 Å². The highest BCUT2D eigenvalue weighted by Gasteiger charge is 2.16. The minimum Gasteiger partial charge on any atom is -0.384 e. The maximum Gasteiger partial charge on any atom is 0.106 e. The monoisotopic (exact) mass is 243 g/mol. The van der Waals surface area contributed by atoms with Gasteiger partial charge >= 0.3 is 0 Å². The van der Waals surface area contributed by atoms with Gasteiger partial charge in [-0.25, -0.2) is 0 Å². The van der Waals surface area contributed by atoms with E-state index in [1.165, 1.54) is 0 Å². The lowest BCUT2D eigenvalue weighted by Gasteiger charge is -2.17. The van der Waals surface area contributed by atoms with Gasteiger partial charge in [0.25, 0.3) is 0 Å². The van der Waals surface area contributed by atoms with E-state index in [2.05, 4.69) is 4.98 Å². The van der Waals surface area contributed by atoms with Crippen LogP contribution in [0.1, 0.15) is 28.4 Å². The summed E-state index contributed by atoms with van der Waals surface area (Å²) < 4.78 is 5.16. The largest absolute Gasteiger partial charge is 0.384 e. The first-order valence-electron chi connectivity index (χ1n) is 5.89. The van der Waals surface area contributed by atoms with Crippen LogP contribution in [-0.4, -0.2) is 17.2 Å². The fraction of sp³-hybridized carbons (Fsp3) is 0.267. The summed E-state index contributed by atoms with van der Waals surface area (Å²) in [7, 11) is 1.65. The highest BCUT2D eigenvalue weighted by Crippen LogP contribution is 2.26. The maximum absolute atomic E-state index is 10.5. The molecule has 1 heterocycles. The zero-order valence-corrected chi connectivity index (χ0v) is 10.6. The van der Waals surface area contributed by atoms with E-state index < -0.39 is 6.10 Å². The van der Waals surface area contributed by atoms with Crippen LogP contribution in [0, 0.1) is 6.92 Å². The second kappa shape index (κ2) is 5.76. The number of methoxy groups -OCH3 is 1. The molecule has 1 atom stereocenters. The molecular weight excluding hydrogens is 226 g/mol. The first-order valence-corrected chi connectivity index (χ1v) is 5.89. The molecule has 0 saturated heterocycles. The van der Waals surface area contributed by atoms with Crippen molar-refractivity contribution in [3.05, 3.63) is 65.0 Å². The van der Waals surface area contributed by atoms with Crippen LogP contribution in [0.25, 0.3) is 0 Å². The lowest BCUT2D eigenvalue weighted by Crippen LogP contribution is -2.06. The van der Waals surface area contributed by atoms with Gasteiger partial charge in [0, 0.05) is 25.1 Å². The minimum absolute atomic E-state index is 0.493. The smallest absolute Gasteiger partial charge is 0.106 e. The van der Waals surface area contributed by atoms with Crippen LogP contribution in [-0.2, 0) is 11.3 Å². The Morgan fingerprint density at radius 1 is 1.22 bits per heavy atom. The van der Waals surface area contributed by atoms with Gasteiger partial charge in [0.1, 0.15) is 6.10 Å². The number of benzene rings is 1. The standard InChI is InChI=1S/C15H17NO2/c1-11-7-8-16-9-14(11)15(17)13-6-4-3-5-12(13)10-18-2/h3-9,15,17H,10H2,1-2H3. The quantitative estimate of drug-likeness (QED) is 0.897. The molecule has 0 spiro atoms. The normalized spacial score (nSPS) is 12.4. The van der Waals surface area contributed by atoms with Gasteiger partial charge < -0.3 is 9.84 Å². The Morgan fingerprint density at radius 2 is 2.00 bits per heavy atom. The van der Waals surface area contributed by atoms with E-state index >= 15 is 0 Å². The molecule has 0 bridgehead atoms. The molecule has 0 aliphatic carbocycles. The number of rotatable bonds is 4. The minimum atomic E-state index is -0.662. The van der Waals surface area contributed by atoms with Crippen LogP contribution < -0.4 is 0 Å². The molecular formula is C15H17NO2. The van der Waals surface area contributed by atoms with E-state index in [1.54, 1.807) is 19.5 Å². The SMILES string of the molecule is COCc1ccccc1C(O)c1cnccc1C. The summed E-state index contributed by atoms with van der Waals surface area (Å²) in [6.45, 7) is 2.46. The zero-order valence-electron chi connectivity index (χ0n) is 10.6. The topological polar surface area (TPSA) is 42.4 Å². The summed E-state index contributed by atoms with van der Waals surface area (Å²) >= 11 is 0. The van der Waals surface area contributed by atoms with E-state index in [9.17, 15) is 5.11 Å². The molecule has 2 rings (SSSR count). The first kappa shape index (κ1) is 12.7. The van der Waals surface area contributed by atoms with E-state index in [-0.39, 0.29) is 0 Å². The third kappa shape index (κ3) is 2.58. The summed E-state index contributed by atoms with van der Waals surface area (Å²) in [5.74, 6) is 0. The van der Waals surface area contributed by atoms with E-state index in [1.807, 2.05) is 37.3 Å². The lowest BCUT2D eigenvalue weighted by molar-refractivity contribution is 0.176. The fourth-order valence-corrected chi connectivity index (χ4v) is 2.02. The summed E-state index contributed by atoms with van der Waals surface area (Å²) in [5, 5.41) is 10.5. The maximum atomic E-state index is 10.5. The van der Waals surface area contributed by atoms with E-state index in [0.717, 1.165) is 22.3 Å². The Morgan fingerprint density at radius 3 is 2.72 bits per heavy atom. The molecule has 3 heteroatoms. The van der Waals surface area contributed by atoms with Gasteiger partial charge in [-0.15, -0.1) is 0 Å². The molecule has 18 heavy (non-hydrogen) atoms. The molecule has 1 unspecified atom stereocenters. The molecule has 0 fully saturated rings. The van der Waals surface area contributed by atoms with Crippen molar-refractivity contribution in [2.45, 2.75) is 19.6 Å². The van der Waals surface area contributed by atoms with Gasteiger partial charge in [-0.1, -0.05) is 24.3 Å². The summed E-state index contributed by atoms with van der Waals surface area (Å²) in [4.78, 5) is 4.08. The second-order valence-corrected chi connectivity index (χ2v) is 4.27. The van der Waals surface area contributed by atoms with Crippen molar-refractivity contribution in [2.24, 2.45) is 0 Å². The summed E-state index contributed by atoms with van der Waals surface area (Å²) in [5.41, 5.74) is 3.73. The molecule has 0 aliphatic heterocycles. The molecule has 1 aromatic heterocycles. The molecule has 1 N–H and O–H groups in total. The molecule has 1 aromatic carbocycles. The van der Waals surface area contributed by atoms with Gasteiger partial charge in [-0.3, -0.25) is 4.98 Å². The van der Waals surface area contributed by atoms with Crippen molar-refractivity contribution in [1.29, 1.82) is 0 Å². The van der Waals surface area contributed by atoms with Gasteiger partial charge in [-0.05, 0) is 29.7 Å². The number of hydrogen-bond donors (Lipinski definition) is 1. The molecule has 0 radical (unpaired) electrons. The summed E-state index contributed by atoms with van der Waals surface area (Å²) in [6, 6.07) is 9.65. The number of pyridine rings is 1. The van der Waals surface area contributed by atoms with Crippen LogP contribution in [0.4, 0.5) is 0 Å². The van der Waals surface area contributed by atoms with Crippen molar-refractivity contribution >= 4 is 0 Å². The van der Waals surface area contributed by atoms with Crippen molar-refractivity contribution in [1.82, 2.24) is 4.98 Å². The lowest BCUT2D eigenvalue weighted by atomic mass is 9.96. The van der Waals surface area contributed by atoms with Crippen molar-refractivity contribution in [3.63, 3.8) is 0 Å².